The molecule has 3 rings (SSSR count). The molecule has 2 heterocycles. The highest BCUT2D eigenvalue weighted by Crippen LogP contribution is 2.14. The van der Waals surface area contributed by atoms with E-state index in [2.05, 4.69) is 82.6 Å². The zero-order valence-electron chi connectivity index (χ0n) is 20.2. The van der Waals surface area contributed by atoms with E-state index in [9.17, 15) is 0 Å². The number of benzene rings is 1. The van der Waals surface area contributed by atoms with Crippen LogP contribution in [-0.4, -0.2) is 61.8 Å². The van der Waals surface area contributed by atoms with Gasteiger partial charge >= 0.3 is 0 Å². The number of ether oxygens (including phenoxy) is 1. The summed E-state index contributed by atoms with van der Waals surface area (Å²) < 4.78 is 5.48. The molecular weight excluding hydrogens is 527 g/mol. The highest BCUT2D eigenvalue weighted by molar-refractivity contribution is 14.0. The van der Waals surface area contributed by atoms with Crippen LogP contribution in [0.5, 0.6) is 0 Å². The standard InChI is InChI=1S/C25H38N6O.HI/c1-4-26-25(28-18-21-11-12-24(27-17-21)31(5-2)6-3)29-19-22-9-7-8-10-23(22)20-30-13-15-32-16-14-30;/h7-12,17H,4-6,13-16,18-20H2,1-3H3,(H2,26,28,29);1H. The Labute approximate surface area is 216 Å². The van der Waals surface area contributed by atoms with E-state index < -0.39 is 0 Å². The summed E-state index contributed by atoms with van der Waals surface area (Å²) in [4.78, 5) is 14.1. The van der Waals surface area contributed by atoms with Gasteiger partial charge in [-0.25, -0.2) is 9.98 Å². The largest absolute Gasteiger partial charge is 0.379 e. The van der Waals surface area contributed by atoms with Gasteiger partial charge in [-0.3, -0.25) is 4.90 Å². The highest BCUT2D eigenvalue weighted by Gasteiger charge is 2.13. The topological polar surface area (TPSA) is 65.0 Å². The number of pyridine rings is 1. The molecular formula is C25H39IN6O. The van der Waals surface area contributed by atoms with E-state index in [-0.39, 0.29) is 24.0 Å². The van der Waals surface area contributed by atoms with Crippen LogP contribution in [0, 0.1) is 0 Å². The van der Waals surface area contributed by atoms with Crippen LogP contribution >= 0.6 is 24.0 Å². The van der Waals surface area contributed by atoms with Gasteiger partial charge < -0.3 is 20.3 Å². The van der Waals surface area contributed by atoms with Gasteiger partial charge in [0, 0.05) is 52.0 Å². The third-order valence-electron chi connectivity index (χ3n) is 5.72. The van der Waals surface area contributed by atoms with Crippen molar-refractivity contribution in [3.8, 4) is 0 Å². The number of anilines is 1. The van der Waals surface area contributed by atoms with Crippen LogP contribution in [-0.2, 0) is 24.4 Å². The summed E-state index contributed by atoms with van der Waals surface area (Å²) in [5, 5.41) is 6.85. The van der Waals surface area contributed by atoms with Gasteiger partial charge in [-0.1, -0.05) is 30.3 Å². The Bertz CT molecular complexity index is 835. The molecule has 0 aliphatic carbocycles. The number of hydrogen-bond acceptors (Lipinski definition) is 5. The van der Waals surface area contributed by atoms with Crippen molar-refractivity contribution >= 4 is 35.8 Å². The second kappa shape index (κ2) is 15.1. The number of rotatable bonds is 10. The summed E-state index contributed by atoms with van der Waals surface area (Å²) in [6.45, 7) is 15.1. The van der Waals surface area contributed by atoms with Crippen molar-refractivity contribution in [1.29, 1.82) is 0 Å². The summed E-state index contributed by atoms with van der Waals surface area (Å²) in [5.41, 5.74) is 3.76. The molecule has 0 saturated carbocycles. The Morgan fingerprint density at radius 1 is 1.03 bits per heavy atom. The molecule has 0 atom stereocenters. The third-order valence-corrected chi connectivity index (χ3v) is 5.72. The van der Waals surface area contributed by atoms with E-state index >= 15 is 0 Å². The van der Waals surface area contributed by atoms with Crippen molar-refractivity contribution in [3.05, 3.63) is 59.3 Å². The second-order valence-electron chi connectivity index (χ2n) is 7.90. The first-order chi connectivity index (χ1) is 15.7. The van der Waals surface area contributed by atoms with Gasteiger partial charge in [0.05, 0.1) is 19.8 Å². The summed E-state index contributed by atoms with van der Waals surface area (Å²) in [5.74, 6) is 1.84. The molecule has 1 saturated heterocycles. The SMILES string of the molecule is CCNC(=NCc1ccc(N(CC)CC)nc1)NCc1ccccc1CN1CCOCC1.I. The Balaban J connectivity index is 0.00000385. The fourth-order valence-electron chi connectivity index (χ4n) is 3.82. The smallest absolute Gasteiger partial charge is 0.191 e. The van der Waals surface area contributed by atoms with Gasteiger partial charge in [-0.15, -0.1) is 24.0 Å². The van der Waals surface area contributed by atoms with Crippen molar-refractivity contribution in [2.45, 2.75) is 40.4 Å². The Morgan fingerprint density at radius 3 is 2.39 bits per heavy atom. The van der Waals surface area contributed by atoms with Crippen molar-refractivity contribution in [2.24, 2.45) is 4.99 Å². The van der Waals surface area contributed by atoms with Gasteiger partial charge in [-0.05, 0) is 43.5 Å². The number of morpholine rings is 1. The molecule has 7 nitrogen and oxygen atoms in total. The first-order valence-electron chi connectivity index (χ1n) is 11.8. The minimum absolute atomic E-state index is 0. The van der Waals surface area contributed by atoms with E-state index in [1.165, 1.54) is 11.1 Å². The highest BCUT2D eigenvalue weighted by atomic mass is 127. The summed E-state index contributed by atoms with van der Waals surface area (Å²) >= 11 is 0. The molecule has 1 aromatic heterocycles. The maximum atomic E-state index is 5.48. The Kier molecular flexibility index (Phi) is 12.5. The summed E-state index contributed by atoms with van der Waals surface area (Å²) in [6, 6.07) is 12.8. The molecule has 182 valence electrons. The number of halogens is 1. The van der Waals surface area contributed by atoms with Crippen LogP contribution in [0.3, 0.4) is 0 Å². The maximum absolute atomic E-state index is 5.48. The van der Waals surface area contributed by atoms with Gasteiger partial charge in [0.1, 0.15) is 5.82 Å². The predicted molar refractivity (Wildman–Crippen MR) is 147 cm³/mol. The molecule has 1 aliphatic heterocycles. The van der Waals surface area contributed by atoms with Crippen molar-refractivity contribution in [2.75, 3.05) is 50.8 Å². The average Bonchev–Trinajstić information content (AvgIpc) is 2.84. The normalized spacial score (nSPS) is 14.5. The maximum Gasteiger partial charge on any atom is 0.191 e. The lowest BCUT2D eigenvalue weighted by Gasteiger charge is -2.27. The molecule has 0 spiro atoms. The number of hydrogen-bond donors (Lipinski definition) is 2. The van der Waals surface area contributed by atoms with Crippen molar-refractivity contribution in [1.82, 2.24) is 20.5 Å². The average molecular weight is 567 g/mol. The monoisotopic (exact) mass is 566 g/mol. The number of aliphatic imine (C=N–C) groups is 1. The first kappa shape index (κ1) is 27.3. The molecule has 0 bridgehead atoms. The fraction of sp³-hybridized carbons (Fsp3) is 0.520. The van der Waals surface area contributed by atoms with E-state index in [1.807, 2.05) is 6.20 Å². The number of nitrogens with zero attached hydrogens (tertiary/aromatic N) is 4. The molecule has 33 heavy (non-hydrogen) atoms. The van der Waals surface area contributed by atoms with Gasteiger partial charge in [0.15, 0.2) is 5.96 Å². The van der Waals surface area contributed by atoms with Crippen molar-refractivity contribution < 1.29 is 4.74 Å². The molecule has 0 amide bonds. The van der Waals surface area contributed by atoms with Crippen LogP contribution in [0.15, 0.2) is 47.6 Å². The van der Waals surface area contributed by atoms with E-state index in [0.29, 0.717) is 6.54 Å². The fourth-order valence-corrected chi connectivity index (χ4v) is 3.82. The predicted octanol–water partition coefficient (Wildman–Crippen LogP) is 3.63. The van der Waals surface area contributed by atoms with Crippen LogP contribution < -0.4 is 15.5 Å². The summed E-state index contributed by atoms with van der Waals surface area (Å²) in [6.07, 6.45) is 1.93. The minimum Gasteiger partial charge on any atom is -0.379 e. The van der Waals surface area contributed by atoms with Crippen LogP contribution in [0.25, 0.3) is 0 Å². The lowest BCUT2D eigenvalue weighted by molar-refractivity contribution is 0.0341. The molecule has 8 heteroatoms. The molecule has 1 fully saturated rings. The molecule has 0 radical (unpaired) electrons. The lowest BCUT2D eigenvalue weighted by Crippen LogP contribution is -2.38. The Hall–Kier alpha value is -1.91. The zero-order valence-corrected chi connectivity index (χ0v) is 22.5. The van der Waals surface area contributed by atoms with Gasteiger partial charge in [0.2, 0.25) is 0 Å². The minimum atomic E-state index is 0. The van der Waals surface area contributed by atoms with E-state index in [4.69, 9.17) is 9.73 Å². The van der Waals surface area contributed by atoms with Crippen LogP contribution in [0.1, 0.15) is 37.5 Å². The molecule has 2 N–H and O–H groups in total. The van der Waals surface area contributed by atoms with Gasteiger partial charge in [-0.2, -0.15) is 0 Å². The lowest BCUT2D eigenvalue weighted by atomic mass is 10.1. The number of nitrogens with one attached hydrogen (secondary N) is 2. The van der Waals surface area contributed by atoms with E-state index in [0.717, 1.165) is 76.4 Å². The van der Waals surface area contributed by atoms with Crippen LogP contribution in [0.2, 0.25) is 0 Å². The summed E-state index contributed by atoms with van der Waals surface area (Å²) in [7, 11) is 0. The van der Waals surface area contributed by atoms with Crippen LogP contribution in [0.4, 0.5) is 5.82 Å². The van der Waals surface area contributed by atoms with Gasteiger partial charge in [0.25, 0.3) is 0 Å². The molecule has 1 aromatic carbocycles. The zero-order chi connectivity index (χ0) is 22.6. The third kappa shape index (κ3) is 8.75. The number of guanidine groups is 1. The first-order valence-corrected chi connectivity index (χ1v) is 11.8. The molecule has 1 aliphatic rings. The van der Waals surface area contributed by atoms with E-state index in [1.54, 1.807) is 0 Å². The van der Waals surface area contributed by atoms with Crippen molar-refractivity contribution in [3.63, 3.8) is 0 Å². The second-order valence-corrected chi connectivity index (χ2v) is 7.90. The molecule has 2 aromatic rings. The molecule has 0 unspecified atom stereocenters. The quantitative estimate of drug-likeness (QED) is 0.260. The Morgan fingerprint density at radius 2 is 1.76 bits per heavy atom. The number of aromatic nitrogens is 1.